The number of hydrogen-bond donors (Lipinski definition) is 0. The summed E-state index contributed by atoms with van der Waals surface area (Å²) in [4.78, 5) is 15.6. The molecule has 7 nitrogen and oxygen atoms in total. The van der Waals surface area contributed by atoms with Crippen molar-refractivity contribution in [3.8, 4) is 0 Å². The monoisotopic (exact) mass is 623 g/mol. The third kappa shape index (κ3) is 9.59. The molecule has 2 aliphatic rings. The summed E-state index contributed by atoms with van der Waals surface area (Å²) in [6.07, 6.45) is 4.21. The van der Waals surface area contributed by atoms with Crippen LogP contribution in [0.4, 0.5) is 24.5 Å². The van der Waals surface area contributed by atoms with Crippen molar-refractivity contribution in [2.24, 2.45) is 0 Å². The highest BCUT2D eigenvalue weighted by molar-refractivity contribution is 7.99. The quantitative estimate of drug-likeness (QED) is 0.0866. The first kappa shape index (κ1) is 33.6. The number of piperazine rings is 1. The third-order valence-electron chi connectivity index (χ3n) is 8.48. The molecule has 43 heavy (non-hydrogen) atoms. The van der Waals surface area contributed by atoms with Gasteiger partial charge in [0.2, 0.25) is 0 Å². The maximum atomic E-state index is 13.5. The molecule has 2 aromatic rings. The van der Waals surface area contributed by atoms with Gasteiger partial charge in [0.15, 0.2) is 0 Å². The van der Waals surface area contributed by atoms with Crippen LogP contribution in [0.5, 0.6) is 0 Å². The van der Waals surface area contributed by atoms with Crippen LogP contribution in [0.1, 0.15) is 70.3 Å². The third-order valence-corrected chi connectivity index (χ3v) is 9.61. The zero-order valence-corrected chi connectivity index (χ0v) is 25.9. The molecule has 11 heteroatoms. The van der Waals surface area contributed by atoms with Gasteiger partial charge in [-0.25, -0.2) is 0 Å². The second kappa shape index (κ2) is 15.1. The van der Waals surface area contributed by atoms with Crippen LogP contribution in [0.2, 0.25) is 0 Å². The van der Waals surface area contributed by atoms with Crippen LogP contribution in [0.15, 0.2) is 52.3 Å². The van der Waals surface area contributed by atoms with Gasteiger partial charge in [-0.1, -0.05) is 69.3 Å². The zero-order chi connectivity index (χ0) is 30.9. The molecule has 0 aliphatic carbocycles. The molecule has 1 saturated heterocycles. The molecular formula is C32H44F3N3O4S. The smallest absolute Gasteiger partial charge is 0.416 e. The number of para-hydroxylation sites is 1. The first-order valence-corrected chi connectivity index (χ1v) is 16.4. The number of unbranched alkanes of at least 4 members (excludes halogenated alkanes) is 6. The summed E-state index contributed by atoms with van der Waals surface area (Å²) >= 11 is 1.44. The summed E-state index contributed by atoms with van der Waals surface area (Å²) in [5.74, 6) is -0.271. The van der Waals surface area contributed by atoms with Gasteiger partial charge in [-0.3, -0.25) is 4.79 Å². The molecule has 0 spiro atoms. The Hall–Kier alpha value is -2.31. The van der Waals surface area contributed by atoms with E-state index in [2.05, 4.69) is 6.92 Å². The van der Waals surface area contributed by atoms with Crippen molar-refractivity contribution in [1.29, 1.82) is 0 Å². The number of rotatable bonds is 15. The second-order valence-corrected chi connectivity index (χ2v) is 12.9. The average molecular weight is 624 g/mol. The van der Waals surface area contributed by atoms with Crippen molar-refractivity contribution in [3.05, 3.63) is 58.4 Å². The highest BCUT2D eigenvalue weighted by Gasteiger charge is 2.35. The molecule has 0 aromatic heterocycles. The van der Waals surface area contributed by atoms with Gasteiger partial charge in [0.25, 0.3) is 0 Å². The average Bonchev–Trinajstić information content (AvgIpc) is 2.97. The number of hydroxylamine groups is 6. The fourth-order valence-corrected chi connectivity index (χ4v) is 6.86. The van der Waals surface area contributed by atoms with E-state index in [-0.39, 0.29) is 51.8 Å². The standard InChI is InChI=1S/C32H44F3N3O4S/c1-2-3-4-5-6-7-8-14-31(39)42-24-23-38(41)21-19-37(40,20-22-38)18-11-17-36-27-12-9-10-13-29(27)43-30-16-15-26(25-28(30)36)32(33,34)35/h9-10,12-13,15-16,25H,2-8,11,14,17-24H2,1H3. The molecule has 1 fully saturated rings. The molecule has 238 valence electrons. The normalized spacial score (nSPS) is 21.8. The van der Waals surface area contributed by atoms with Crippen LogP contribution >= 0.6 is 11.8 Å². The number of carbonyl (C=O) groups excluding carboxylic acids is 1. The van der Waals surface area contributed by atoms with E-state index in [9.17, 15) is 28.4 Å². The summed E-state index contributed by atoms with van der Waals surface area (Å²) in [5.41, 5.74) is 0.617. The Morgan fingerprint density at radius 3 is 2.19 bits per heavy atom. The van der Waals surface area contributed by atoms with E-state index in [1.807, 2.05) is 29.2 Å². The maximum absolute atomic E-state index is 13.5. The van der Waals surface area contributed by atoms with Gasteiger partial charge in [0.1, 0.15) is 39.3 Å². The number of carbonyl (C=O) groups is 1. The van der Waals surface area contributed by atoms with Crippen molar-refractivity contribution < 1.29 is 32.0 Å². The lowest BCUT2D eigenvalue weighted by molar-refractivity contribution is -0.989. The van der Waals surface area contributed by atoms with Crippen molar-refractivity contribution >= 4 is 29.1 Å². The minimum atomic E-state index is -4.45. The SMILES string of the molecule is CCCCCCCCCC(=O)OCC[N+]1([O-])CC[N+]([O-])(CCCN2c3ccccc3Sc3ccc(C(F)(F)F)cc32)CC1. The van der Waals surface area contributed by atoms with Gasteiger partial charge in [0, 0.05) is 29.2 Å². The molecule has 2 aliphatic heterocycles. The number of nitrogens with zero attached hydrogens (tertiary/aromatic N) is 3. The van der Waals surface area contributed by atoms with Crippen molar-refractivity contribution in [2.45, 2.75) is 80.7 Å². The fraction of sp³-hybridized carbons (Fsp3) is 0.594. The first-order chi connectivity index (χ1) is 20.5. The predicted molar refractivity (Wildman–Crippen MR) is 164 cm³/mol. The lowest BCUT2D eigenvalue weighted by Gasteiger charge is -2.54. The van der Waals surface area contributed by atoms with E-state index < -0.39 is 21.0 Å². The van der Waals surface area contributed by atoms with Crippen LogP contribution in [0.3, 0.4) is 0 Å². The zero-order valence-electron chi connectivity index (χ0n) is 25.1. The lowest BCUT2D eigenvalue weighted by Crippen LogP contribution is -2.63. The van der Waals surface area contributed by atoms with Gasteiger partial charge >= 0.3 is 12.1 Å². The summed E-state index contributed by atoms with van der Waals surface area (Å²) in [7, 11) is 0. The Morgan fingerprint density at radius 2 is 1.49 bits per heavy atom. The second-order valence-electron chi connectivity index (χ2n) is 11.8. The molecule has 0 N–H and O–H groups in total. The molecule has 0 amide bonds. The van der Waals surface area contributed by atoms with Crippen LogP contribution in [-0.4, -0.2) is 67.7 Å². The van der Waals surface area contributed by atoms with E-state index in [1.165, 1.54) is 49.6 Å². The number of alkyl halides is 3. The van der Waals surface area contributed by atoms with Crippen molar-refractivity contribution in [1.82, 2.24) is 0 Å². The Bertz CT molecular complexity index is 1200. The Morgan fingerprint density at radius 1 is 0.860 bits per heavy atom. The number of hydrogen-bond acceptors (Lipinski definition) is 6. The minimum absolute atomic E-state index is 0.0589. The molecule has 0 atom stereocenters. The summed E-state index contributed by atoms with van der Waals surface area (Å²) in [6, 6.07) is 11.4. The van der Waals surface area contributed by atoms with Gasteiger partial charge in [-0.15, -0.1) is 0 Å². The van der Waals surface area contributed by atoms with Crippen LogP contribution in [0, 0.1) is 10.4 Å². The Kier molecular flexibility index (Phi) is 11.8. The molecule has 0 bridgehead atoms. The number of anilines is 2. The number of quaternary nitrogens is 2. The number of benzene rings is 2. The van der Waals surface area contributed by atoms with E-state index in [0.717, 1.165) is 40.8 Å². The van der Waals surface area contributed by atoms with Crippen LogP contribution in [0.25, 0.3) is 0 Å². The molecule has 0 unspecified atom stereocenters. The van der Waals surface area contributed by atoms with E-state index in [0.29, 0.717) is 25.1 Å². The summed E-state index contributed by atoms with van der Waals surface area (Å²) in [5, 5.41) is 26.7. The molecular weight excluding hydrogens is 579 g/mol. The minimum Gasteiger partial charge on any atom is -0.632 e. The number of esters is 1. The molecule has 2 heterocycles. The highest BCUT2D eigenvalue weighted by Crippen LogP contribution is 2.49. The van der Waals surface area contributed by atoms with Crippen LogP contribution < -0.4 is 4.90 Å². The molecule has 2 aromatic carbocycles. The van der Waals surface area contributed by atoms with E-state index in [1.54, 1.807) is 0 Å². The summed E-state index contributed by atoms with van der Waals surface area (Å²) < 4.78 is 44.7. The Labute approximate surface area is 257 Å². The largest absolute Gasteiger partial charge is 0.632 e. The van der Waals surface area contributed by atoms with E-state index in [4.69, 9.17) is 4.74 Å². The number of fused-ring (bicyclic) bond motifs is 2. The number of ether oxygens (including phenoxy) is 1. The maximum Gasteiger partial charge on any atom is 0.416 e. The topological polar surface area (TPSA) is 75.7 Å². The van der Waals surface area contributed by atoms with E-state index >= 15 is 0 Å². The van der Waals surface area contributed by atoms with Gasteiger partial charge in [0.05, 0.1) is 23.5 Å². The first-order valence-electron chi connectivity index (χ1n) is 15.6. The Balaban J connectivity index is 1.23. The van der Waals surface area contributed by atoms with Crippen molar-refractivity contribution in [3.63, 3.8) is 0 Å². The van der Waals surface area contributed by atoms with Crippen LogP contribution in [-0.2, 0) is 15.7 Å². The van der Waals surface area contributed by atoms with Gasteiger partial charge in [-0.2, -0.15) is 13.2 Å². The van der Waals surface area contributed by atoms with Crippen molar-refractivity contribution in [2.75, 3.05) is 57.3 Å². The molecule has 0 radical (unpaired) electrons. The molecule has 4 rings (SSSR count). The molecule has 0 saturated carbocycles. The summed E-state index contributed by atoms with van der Waals surface area (Å²) in [6.45, 7) is 3.68. The highest BCUT2D eigenvalue weighted by atomic mass is 32.2. The lowest BCUT2D eigenvalue weighted by atomic mass is 10.1. The number of halogens is 3. The predicted octanol–water partition coefficient (Wildman–Crippen LogP) is 8.02. The van der Waals surface area contributed by atoms with Gasteiger partial charge in [-0.05, 0) is 36.8 Å². The van der Waals surface area contributed by atoms with Gasteiger partial charge < -0.3 is 29.3 Å². The fourth-order valence-electron chi connectivity index (χ4n) is 5.79.